The summed E-state index contributed by atoms with van der Waals surface area (Å²) in [5.41, 5.74) is 6.51. The Labute approximate surface area is 193 Å². The Morgan fingerprint density at radius 1 is 1.26 bits per heavy atom. The predicted molar refractivity (Wildman–Crippen MR) is 125 cm³/mol. The van der Waals surface area contributed by atoms with E-state index in [2.05, 4.69) is 20.1 Å². The lowest BCUT2D eigenvalue weighted by Crippen LogP contribution is -2.24. The average molecular weight is 476 g/mol. The molecule has 7 nitrogen and oxygen atoms in total. The number of amides is 2. The van der Waals surface area contributed by atoms with Gasteiger partial charge in [-0.1, -0.05) is 48.3 Å². The SMILES string of the molecule is C[C@H](Sc1nnc(-c2ccccc2Cl)n1C1CCCC1)C(=O)Nc1sccc1C(N)=O. The van der Waals surface area contributed by atoms with E-state index in [0.29, 0.717) is 20.7 Å². The van der Waals surface area contributed by atoms with Gasteiger partial charge in [0.05, 0.1) is 15.8 Å². The molecule has 0 unspecified atom stereocenters. The van der Waals surface area contributed by atoms with E-state index in [1.165, 1.54) is 23.1 Å². The van der Waals surface area contributed by atoms with Crippen LogP contribution in [0.5, 0.6) is 0 Å². The lowest BCUT2D eigenvalue weighted by atomic mass is 10.2. The van der Waals surface area contributed by atoms with Crippen LogP contribution in [0.4, 0.5) is 5.00 Å². The third-order valence-electron chi connectivity index (χ3n) is 5.29. The fourth-order valence-corrected chi connectivity index (χ4v) is 5.64. The molecule has 1 aliphatic carbocycles. The zero-order valence-electron chi connectivity index (χ0n) is 16.9. The molecule has 1 saturated carbocycles. The van der Waals surface area contributed by atoms with Crippen LogP contribution < -0.4 is 11.1 Å². The molecule has 10 heteroatoms. The summed E-state index contributed by atoms with van der Waals surface area (Å²) in [6.45, 7) is 1.81. The minimum absolute atomic E-state index is 0.227. The van der Waals surface area contributed by atoms with Crippen molar-refractivity contribution in [2.75, 3.05) is 5.32 Å². The summed E-state index contributed by atoms with van der Waals surface area (Å²) < 4.78 is 2.13. The van der Waals surface area contributed by atoms with Crippen LogP contribution in [0.3, 0.4) is 0 Å². The van der Waals surface area contributed by atoms with Gasteiger partial charge in [0.1, 0.15) is 5.00 Å². The zero-order chi connectivity index (χ0) is 22.0. The molecule has 162 valence electrons. The van der Waals surface area contributed by atoms with E-state index in [1.807, 2.05) is 24.3 Å². The van der Waals surface area contributed by atoms with Crippen LogP contribution >= 0.6 is 34.7 Å². The summed E-state index contributed by atoms with van der Waals surface area (Å²) in [7, 11) is 0. The van der Waals surface area contributed by atoms with E-state index >= 15 is 0 Å². The number of aromatic nitrogens is 3. The van der Waals surface area contributed by atoms with E-state index in [-0.39, 0.29) is 11.9 Å². The van der Waals surface area contributed by atoms with Crippen molar-refractivity contribution >= 4 is 51.5 Å². The summed E-state index contributed by atoms with van der Waals surface area (Å²) >= 11 is 9.05. The molecule has 0 saturated heterocycles. The van der Waals surface area contributed by atoms with Crippen molar-refractivity contribution in [1.82, 2.24) is 14.8 Å². The minimum atomic E-state index is -0.567. The molecule has 2 heterocycles. The van der Waals surface area contributed by atoms with E-state index in [4.69, 9.17) is 17.3 Å². The van der Waals surface area contributed by atoms with Gasteiger partial charge in [0.2, 0.25) is 5.91 Å². The highest BCUT2D eigenvalue weighted by molar-refractivity contribution is 8.00. The van der Waals surface area contributed by atoms with Crippen molar-refractivity contribution in [2.24, 2.45) is 5.73 Å². The molecule has 4 rings (SSSR count). The van der Waals surface area contributed by atoms with Gasteiger partial charge in [-0.3, -0.25) is 14.2 Å². The first-order valence-corrected chi connectivity index (χ1v) is 12.1. The van der Waals surface area contributed by atoms with Gasteiger partial charge in [-0.2, -0.15) is 0 Å². The smallest absolute Gasteiger partial charge is 0.251 e. The molecule has 2 aromatic heterocycles. The number of hydrogen-bond donors (Lipinski definition) is 2. The number of thiophene rings is 1. The maximum absolute atomic E-state index is 12.8. The standard InChI is InChI=1S/C21H22ClN5O2S2/c1-12(19(29)24-20-15(17(23)28)10-11-30-20)31-21-26-25-18(14-8-4-5-9-16(14)22)27(21)13-6-2-3-7-13/h4-5,8-13H,2-3,6-7H2,1H3,(H2,23,28)(H,24,29)/t12-/m0/s1. The summed E-state index contributed by atoms with van der Waals surface area (Å²) in [5, 5.41) is 14.7. The van der Waals surface area contributed by atoms with Crippen LogP contribution in [-0.2, 0) is 4.79 Å². The van der Waals surface area contributed by atoms with Gasteiger partial charge in [-0.15, -0.1) is 21.5 Å². The number of primary amides is 1. The van der Waals surface area contributed by atoms with Crippen LogP contribution in [0.25, 0.3) is 11.4 Å². The van der Waals surface area contributed by atoms with Crippen molar-refractivity contribution in [3.05, 3.63) is 46.3 Å². The average Bonchev–Trinajstić information content (AvgIpc) is 3.48. The molecular weight excluding hydrogens is 454 g/mol. The third kappa shape index (κ3) is 4.63. The van der Waals surface area contributed by atoms with Gasteiger partial charge in [0, 0.05) is 11.6 Å². The molecule has 0 spiro atoms. The van der Waals surface area contributed by atoms with Gasteiger partial charge in [0.25, 0.3) is 5.91 Å². The number of anilines is 1. The van der Waals surface area contributed by atoms with Crippen molar-refractivity contribution in [3.63, 3.8) is 0 Å². The molecule has 0 aliphatic heterocycles. The lowest BCUT2D eigenvalue weighted by molar-refractivity contribution is -0.115. The number of hydrogen-bond acceptors (Lipinski definition) is 6. The van der Waals surface area contributed by atoms with Crippen LogP contribution in [0, 0.1) is 0 Å². The summed E-state index contributed by atoms with van der Waals surface area (Å²) in [6.07, 6.45) is 4.39. The van der Waals surface area contributed by atoms with E-state index in [0.717, 1.165) is 37.1 Å². The number of nitrogens with zero attached hydrogens (tertiary/aromatic N) is 3. The first-order valence-electron chi connectivity index (χ1n) is 10.0. The number of benzene rings is 1. The topological polar surface area (TPSA) is 103 Å². The van der Waals surface area contributed by atoms with Gasteiger partial charge < -0.3 is 11.1 Å². The fourth-order valence-electron chi connectivity index (χ4n) is 3.70. The number of halogens is 1. The van der Waals surface area contributed by atoms with E-state index in [9.17, 15) is 9.59 Å². The van der Waals surface area contributed by atoms with Crippen LogP contribution in [0.1, 0.15) is 49.0 Å². The van der Waals surface area contributed by atoms with Crippen LogP contribution in [-0.4, -0.2) is 31.8 Å². The number of rotatable bonds is 7. The Balaban J connectivity index is 1.59. The first-order chi connectivity index (χ1) is 15.0. The van der Waals surface area contributed by atoms with Gasteiger partial charge in [0.15, 0.2) is 11.0 Å². The highest BCUT2D eigenvalue weighted by Gasteiger charge is 2.28. The van der Waals surface area contributed by atoms with Crippen LogP contribution in [0.2, 0.25) is 5.02 Å². The number of carbonyl (C=O) groups excluding carboxylic acids is 2. The normalized spacial score (nSPS) is 15.2. The number of nitrogens with two attached hydrogens (primary N) is 1. The van der Waals surface area contributed by atoms with E-state index in [1.54, 1.807) is 18.4 Å². The van der Waals surface area contributed by atoms with Gasteiger partial charge in [-0.25, -0.2) is 0 Å². The Morgan fingerprint density at radius 2 is 2.00 bits per heavy atom. The Bertz CT molecular complexity index is 1110. The molecule has 31 heavy (non-hydrogen) atoms. The maximum atomic E-state index is 12.8. The highest BCUT2D eigenvalue weighted by atomic mass is 35.5. The molecule has 1 aromatic carbocycles. The Kier molecular flexibility index (Phi) is 6.64. The number of thioether (sulfide) groups is 1. The summed E-state index contributed by atoms with van der Waals surface area (Å²) in [5.74, 6) is -0.0701. The Morgan fingerprint density at radius 3 is 2.71 bits per heavy atom. The Hall–Kier alpha value is -2.36. The fraction of sp³-hybridized carbons (Fsp3) is 0.333. The second-order valence-electron chi connectivity index (χ2n) is 7.37. The molecule has 0 radical (unpaired) electrons. The summed E-state index contributed by atoms with van der Waals surface area (Å²) in [4.78, 5) is 24.3. The van der Waals surface area contributed by atoms with Crippen molar-refractivity contribution < 1.29 is 9.59 Å². The molecule has 3 N–H and O–H groups in total. The maximum Gasteiger partial charge on any atom is 0.251 e. The van der Waals surface area contributed by atoms with E-state index < -0.39 is 11.2 Å². The van der Waals surface area contributed by atoms with Crippen LogP contribution in [0.15, 0.2) is 40.9 Å². The van der Waals surface area contributed by atoms with Gasteiger partial charge >= 0.3 is 0 Å². The zero-order valence-corrected chi connectivity index (χ0v) is 19.3. The minimum Gasteiger partial charge on any atom is -0.366 e. The second kappa shape index (κ2) is 9.42. The number of carbonyl (C=O) groups is 2. The lowest BCUT2D eigenvalue weighted by Gasteiger charge is -2.19. The van der Waals surface area contributed by atoms with Crippen molar-refractivity contribution in [3.8, 4) is 11.4 Å². The van der Waals surface area contributed by atoms with Crippen molar-refractivity contribution in [1.29, 1.82) is 0 Å². The molecule has 2 amide bonds. The third-order valence-corrected chi connectivity index (χ3v) is 7.50. The summed E-state index contributed by atoms with van der Waals surface area (Å²) in [6, 6.07) is 9.46. The molecular formula is C21H22ClN5O2S2. The molecule has 1 aliphatic rings. The monoisotopic (exact) mass is 475 g/mol. The number of nitrogens with one attached hydrogen (secondary N) is 1. The molecule has 1 fully saturated rings. The quantitative estimate of drug-likeness (QED) is 0.468. The molecule has 3 aromatic rings. The highest BCUT2D eigenvalue weighted by Crippen LogP contribution is 2.39. The first kappa shape index (κ1) is 21.9. The molecule has 1 atom stereocenters. The second-order valence-corrected chi connectivity index (χ2v) is 10.0. The largest absolute Gasteiger partial charge is 0.366 e. The van der Waals surface area contributed by atoms with Gasteiger partial charge in [-0.05, 0) is 43.3 Å². The predicted octanol–water partition coefficient (Wildman–Crippen LogP) is 4.99. The molecule has 0 bridgehead atoms. The van der Waals surface area contributed by atoms with Crippen molar-refractivity contribution in [2.45, 2.75) is 49.1 Å².